The molecule has 1 aliphatic heterocycles. The molecule has 1 N–H and O–H groups in total. The van der Waals surface area contributed by atoms with Crippen molar-refractivity contribution < 1.29 is 4.42 Å². The molecule has 1 saturated heterocycles. The average molecular weight is 256 g/mol. The maximum atomic E-state index is 5.70. The smallest absolute Gasteiger partial charge is 0.318 e. The Balaban J connectivity index is 2.09. The van der Waals surface area contributed by atoms with Crippen LogP contribution in [0.5, 0.6) is 0 Å². The van der Waals surface area contributed by atoms with E-state index in [1.165, 1.54) is 0 Å². The fourth-order valence-corrected chi connectivity index (χ4v) is 2.94. The third-order valence-electron chi connectivity index (χ3n) is 2.93. The zero-order valence-corrected chi connectivity index (χ0v) is 11.7. The van der Waals surface area contributed by atoms with Crippen molar-refractivity contribution in [2.24, 2.45) is 0 Å². The first-order valence-corrected chi connectivity index (χ1v) is 6.90. The van der Waals surface area contributed by atoms with Crippen LogP contribution in [0.4, 0.5) is 6.01 Å². The summed E-state index contributed by atoms with van der Waals surface area (Å²) in [6, 6.07) is 0.749. The first-order chi connectivity index (χ1) is 8.02. The van der Waals surface area contributed by atoms with Gasteiger partial charge in [-0.05, 0) is 27.8 Å². The van der Waals surface area contributed by atoms with Crippen LogP contribution in [0, 0.1) is 0 Å². The third kappa shape index (κ3) is 2.93. The second kappa shape index (κ2) is 4.86. The largest absolute Gasteiger partial charge is 0.406 e. The number of nitrogens with zero attached hydrogens (tertiary/aromatic N) is 3. The third-order valence-corrected chi connectivity index (χ3v) is 4.23. The van der Waals surface area contributed by atoms with E-state index < -0.39 is 0 Å². The van der Waals surface area contributed by atoms with Gasteiger partial charge in [0.25, 0.3) is 0 Å². The summed E-state index contributed by atoms with van der Waals surface area (Å²) in [5.41, 5.74) is 0. The molecule has 2 rings (SSSR count). The number of nitrogens with one attached hydrogen (secondary N) is 1. The van der Waals surface area contributed by atoms with E-state index in [1.54, 1.807) is 0 Å². The Hall–Kier alpha value is -0.750. The monoisotopic (exact) mass is 256 g/mol. The molecular formula is C11H20N4OS. The van der Waals surface area contributed by atoms with Crippen LogP contribution < -0.4 is 10.2 Å². The van der Waals surface area contributed by atoms with Crippen molar-refractivity contribution in [1.82, 2.24) is 15.5 Å². The quantitative estimate of drug-likeness (QED) is 0.888. The van der Waals surface area contributed by atoms with Gasteiger partial charge in [0.15, 0.2) is 0 Å². The Labute approximate surface area is 106 Å². The van der Waals surface area contributed by atoms with E-state index in [-0.39, 0.29) is 10.8 Å². The highest BCUT2D eigenvalue weighted by Gasteiger charge is 2.29. The molecule has 96 valence electrons. The van der Waals surface area contributed by atoms with Gasteiger partial charge < -0.3 is 14.6 Å². The summed E-state index contributed by atoms with van der Waals surface area (Å²) in [7, 11) is 1.88. The van der Waals surface area contributed by atoms with E-state index in [2.05, 4.69) is 34.3 Å². The molecule has 0 amide bonds. The molecule has 0 spiro atoms. The maximum absolute atomic E-state index is 5.70. The van der Waals surface area contributed by atoms with Crippen molar-refractivity contribution in [1.29, 1.82) is 0 Å². The predicted molar refractivity (Wildman–Crippen MR) is 70.5 cm³/mol. The molecule has 2 heterocycles. The molecule has 1 aromatic rings. The zero-order chi connectivity index (χ0) is 12.5. The van der Waals surface area contributed by atoms with Crippen LogP contribution >= 0.6 is 11.8 Å². The fraction of sp³-hybridized carbons (Fsp3) is 0.818. The fourth-order valence-electron chi connectivity index (χ4n) is 1.83. The molecular weight excluding hydrogens is 236 g/mol. The van der Waals surface area contributed by atoms with Gasteiger partial charge in [-0.1, -0.05) is 5.10 Å². The Morgan fingerprint density at radius 1 is 1.47 bits per heavy atom. The highest BCUT2D eigenvalue weighted by Crippen LogP contribution is 2.31. The van der Waals surface area contributed by atoms with Gasteiger partial charge in [-0.15, -0.1) is 5.10 Å². The van der Waals surface area contributed by atoms with Crippen molar-refractivity contribution in [3.05, 3.63) is 5.89 Å². The average Bonchev–Trinajstić information content (AvgIpc) is 2.76. The van der Waals surface area contributed by atoms with Crippen LogP contribution in [0.1, 0.15) is 32.7 Å². The topological polar surface area (TPSA) is 54.2 Å². The van der Waals surface area contributed by atoms with Gasteiger partial charge in [0, 0.05) is 23.6 Å². The van der Waals surface area contributed by atoms with Crippen LogP contribution in [0.15, 0.2) is 4.42 Å². The molecule has 5 nitrogen and oxygen atoms in total. The molecule has 17 heavy (non-hydrogen) atoms. The lowest BCUT2D eigenvalue weighted by molar-refractivity contribution is 0.426. The van der Waals surface area contributed by atoms with Crippen molar-refractivity contribution in [2.75, 3.05) is 30.8 Å². The van der Waals surface area contributed by atoms with E-state index in [1.807, 2.05) is 25.7 Å². The number of thioether (sulfide) groups is 1. The number of rotatable bonds is 3. The molecule has 1 aromatic heterocycles. The molecule has 0 saturated carbocycles. The van der Waals surface area contributed by atoms with Crippen LogP contribution in [0.3, 0.4) is 0 Å². The molecule has 1 fully saturated rings. The predicted octanol–water partition coefficient (Wildman–Crippen LogP) is 1.68. The highest BCUT2D eigenvalue weighted by atomic mass is 32.2. The second-order valence-corrected chi connectivity index (χ2v) is 6.77. The van der Waals surface area contributed by atoms with Crippen molar-refractivity contribution in [3.63, 3.8) is 0 Å². The Morgan fingerprint density at radius 2 is 2.24 bits per heavy atom. The SMILES string of the molecule is CNC(C)c1nnc(N2CCSC(C)(C)C2)o1. The van der Waals surface area contributed by atoms with Crippen LogP contribution in [0.2, 0.25) is 0 Å². The summed E-state index contributed by atoms with van der Waals surface area (Å²) < 4.78 is 5.95. The number of aromatic nitrogens is 2. The first kappa shape index (κ1) is 12.7. The Bertz CT molecular complexity index is 379. The van der Waals surface area contributed by atoms with E-state index in [9.17, 15) is 0 Å². The van der Waals surface area contributed by atoms with Crippen LogP contribution in [-0.4, -0.2) is 40.8 Å². The zero-order valence-electron chi connectivity index (χ0n) is 10.9. The summed E-state index contributed by atoms with van der Waals surface area (Å²) in [6.45, 7) is 8.43. The van der Waals surface area contributed by atoms with Crippen molar-refractivity contribution in [2.45, 2.75) is 31.6 Å². The minimum absolute atomic E-state index is 0.100. The molecule has 0 aromatic carbocycles. The van der Waals surface area contributed by atoms with Crippen molar-refractivity contribution in [3.8, 4) is 0 Å². The molecule has 0 radical (unpaired) electrons. The van der Waals surface area contributed by atoms with Gasteiger partial charge in [0.05, 0.1) is 6.04 Å². The Kier molecular flexibility index (Phi) is 3.63. The van der Waals surface area contributed by atoms with Crippen LogP contribution in [-0.2, 0) is 0 Å². The summed E-state index contributed by atoms with van der Waals surface area (Å²) in [5.74, 6) is 1.75. The lowest BCUT2D eigenvalue weighted by Crippen LogP contribution is -2.43. The number of hydrogen-bond acceptors (Lipinski definition) is 6. The van der Waals surface area contributed by atoms with Gasteiger partial charge in [0.1, 0.15) is 0 Å². The second-order valence-electron chi connectivity index (χ2n) is 4.96. The van der Waals surface area contributed by atoms with E-state index >= 15 is 0 Å². The molecule has 1 aliphatic rings. The first-order valence-electron chi connectivity index (χ1n) is 5.91. The van der Waals surface area contributed by atoms with Crippen LogP contribution in [0.25, 0.3) is 0 Å². The normalized spacial score (nSPS) is 21.5. The summed E-state index contributed by atoms with van der Waals surface area (Å²) in [4.78, 5) is 2.18. The van der Waals surface area contributed by atoms with Gasteiger partial charge >= 0.3 is 6.01 Å². The molecule has 0 aliphatic carbocycles. The van der Waals surface area contributed by atoms with E-state index in [4.69, 9.17) is 4.42 Å². The van der Waals surface area contributed by atoms with E-state index in [0.717, 1.165) is 18.8 Å². The van der Waals surface area contributed by atoms with Crippen molar-refractivity contribution >= 4 is 17.8 Å². The molecule has 1 unspecified atom stereocenters. The molecule has 0 bridgehead atoms. The standard InChI is InChI=1S/C11H20N4OS/c1-8(12-4)9-13-14-10(16-9)15-5-6-17-11(2,3)7-15/h8,12H,5-7H2,1-4H3. The molecule has 6 heteroatoms. The molecule has 1 atom stereocenters. The summed E-state index contributed by atoms with van der Waals surface area (Å²) in [5, 5.41) is 11.3. The van der Waals surface area contributed by atoms with Gasteiger partial charge in [-0.3, -0.25) is 0 Å². The van der Waals surface area contributed by atoms with Gasteiger partial charge in [0.2, 0.25) is 5.89 Å². The number of hydrogen-bond donors (Lipinski definition) is 1. The lowest BCUT2D eigenvalue weighted by atomic mass is 10.2. The van der Waals surface area contributed by atoms with Gasteiger partial charge in [-0.25, -0.2) is 0 Å². The maximum Gasteiger partial charge on any atom is 0.318 e. The summed E-state index contributed by atoms with van der Waals surface area (Å²) >= 11 is 1.99. The van der Waals surface area contributed by atoms with E-state index in [0.29, 0.717) is 11.9 Å². The highest BCUT2D eigenvalue weighted by molar-refractivity contribution is 8.00. The number of anilines is 1. The minimum Gasteiger partial charge on any atom is -0.406 e. The minimum atomic E-state index is 0.100. The Morgan fingerprint density at radius 3 is 2.88 bits per heavy atom. The van der Waals surface area contributed by atoms with Gasteiger partial charge in [-0.2, -0.15) is 11.8 Å². The lowest BCUT2D eigenvalue weighted by Gasteiger charge is -2.36. The summed E-state index contributed by atoms with van der Waals surface area (Å²) in [6.07, 6.45) is 0.